The van der Waals surface area contributed by atoms with Crippen LogP contribution in [0.3, 0.4) is 0 Å². The van der Waals surface area contributed by atoms with Gasteiger partial charge in [0.1, 0.15) is 6.54 Å². The Kier molecular flexibility index (Phi) is 3.75. The first-order valence-corrected chi connectivity index (χ1v) is 6.43. The highest BCUT2D eigenvalue weighted by molar-refractivity contribution is 8.15. The molecule has 0 aromatic heterocycles. The second kappa shape index (κ2) is 5.31. The van der Waals surface area contributed by atoms with Gasteiger partial charge in [0.15, 0.2) is 5.37 Å². The van der Waals surface area contributed by atoms with Crippen LogP contribution in [0.15, 0.2) is 24.3 Å². The Bertz CT molecular complexity index is 546. The standard InChI is InChI=1S/C12H12N2O4S/c1-7-4-2-3-5-8(7)13-10-11(17)14(6-9(15)16)12(18)19-10/h2-5,10,13H,6H2,1H3,(H,15,16). The molecule has 1 aliphatic heterocycles. The summed E-state index contributed by atoms with van der Waals surface area (Å²) in [5, 5.41) is 10.3. The highest BCUT2D eigenvalue weighted by Crippen LogP contribution is 2.28. The molecule has 0 spiro atoms. The number of carbonyl (C=O) groups is 3. The topological polar surface area (TPSA) is 86.7 Å². The summed E-state index contributed by atoms with van der Waals surface area (Å²) in [5.41, 5.74) is 1.69. The van der Waals surface area contributed by atoms with Gasteiger partial charge in [0.05, 0.1) is 0 Å². The maximum atomic E-state index is 11.9. The van der Waals surface area contributed by atoms with Gasteiger partial charge in [-0.15, -0.1) is 0 Å². The SMILES string of the molecule is Cc1ccccc1NC1SC(=O)N(CC(=O)O)C1=O. The lowest BCUT2D eigenvalue weighted by Gasteiger charge is -2.14. The van der Waals surface area contributed by atoms with E-state index in [1.807, 2.05) is 25.1 Å². The lowest BCUT2D eigenvalue weighted by Crippen LogP contribution is -2.37. The van der Waals surface area contributed by atoms with Crippen LogP contribution in [0.1, 0.15) is 5.56 Å². The van der Waals surface area contributed by atoms with Gasteiger partial charge < -0.3 is 10.4 Å². The van der Waals surface area contributed by atoms with Crippen molar-refractivity contribution in [3.05, 3.63) is 29.8 Å². The third-order valence-corrected chi connectivity index (χ3v) is 3.63. The van der Waals surface area contributed by atoms with Gasteiger partial charge in [-0.3, -0.25) is 19.3 Å². The first kappa shape index (κ1) is 13.4. The lowest BCUT2D eigenvalue weighted by atomic mass is 10.2. The number of carbonyl (C=O) groups excluding carboxylic acids is 2. The summed E-state index contributed by atoms with van der Waals surface area (Å²) < 4.78 is 0. The van der Waals surface area contributed by atoms with E-state index >= 15 is 0 Å². The van der Waals surface area contributed by atoms with Crippen molar-refractivity contribution >= 4 is 34.6 Å². The number of amides is 2. The molecule has 7 heteroatoms. The summed E-state index contributed by atoms with van der Waals surface area (Å²) in [7, 11) is 0. The molecule has 0 radical (unpaired) electrons. The number of nitrogens with one attached hydrogen (secondary N) is 1. The minimum Gasteiger partial charge on any atom is -0.480 e. The van der Waals surface area contributed by atoms with E-state index in [1.54, 1.807) is 6.07 Å². The smallest absolute Gasteiger partial charge is 0.323 e. The predicted molar refractivity (Wildman–Crippen MR) is 70.9 cm³/mol. The summed E-state index contributed by atoms with van der Waals surface area (Å²) in [4.78, 5) is 34.8. The molecule has 6 nitrogen and oxygen atoms in total. The highest BCUT2D eigenvalue weighted by Gasteiger charge is 2.40. The van der Waals surface area contributed by atoms with Gasteiger partial charge in [-0.05, 0) is 30.3 Å². The zero-order valence-electron chi connectivity index (χ0n) is 10.1. The van der Waals surface area contributed by atoms with Gasteiger partial charge in [-0.25, -0.2) is 0 Å². The average molecular weight is 280 g/mol. The minimum absolute atomic E-state index is 0.527. The number of hydrogen-bond donors (Lipinski definition) is 2. The normalized spacial score (nSPS) is 18.8. The van der Waals surface area contributed by atoms with E-state index in [9.17, 15) is 14.4 Å². The average Bonchev–Trinajstić information content (AvgIpc) is 2.60. The van der Waals surface area contributed by atoms with Crippen molar-refractivity contribution in [2.75, 3.05) is 11.9 Å². The number of hydrogen-bond acceptors (Lipinski definition) is 5. The molecule has 2 N–H and O–H groups in total. The molecule has 1 atom stereocenters. The molecule has 2 rings (SSSR count). The number of carboxylic acids is 1. The minimum atomic E-state index is -1.21. The molecule has 1 aromatic rings. The number of thioether (sulfide) groups is 1. The Hall–Kier alpha value is -2.02. The van der Waals surface area contributed by atoms with Crippen LogP contribution in [0.2, 0.25) is 0 Å². The number of nitrogens with zero attached hydrogens (tertiary/aromatic N) is 1. The van der Waals surface area contributed by atoms with Gasteiger partial charge in [0.25, 0.3) is 11.1 Å². The summed E-state index contributed by atoms with van der Waals surface area (Å²) >= 11 is 0.790. The second-order valence-corrected chi connectivity index (χ2v) is 5.10. The molecule has 1 heterocycles. The molecule has 2 amide bonds. The zero-order chi connectivity index (χ0) is 14.0. The number of rotatable bonds is 4. The van der Waals surface area contributed by atoms with E-state index in [4.69, 9.17) is 5.11 Å². The molecule has 1 fully saturated rings. The van der Waals surface area contributed by atoms with E-state index in [0.717, 1.165) is 27.9 Å². The highest BCUT2D eigenvalue weighted by atomic mass is 32.2. The number of aliphatic carboxylic acids is 1. The molecule has 1 aliphatic rings. The molecule has 100 valence electrons. The van der Waals surface area contributed by atoms with Crippen molar-refractivity contribution in [2.24, 2.45) is 0 Å². The Morgan fingerprint density at radius 2 is 2.11 bits per heavy atom. The van der Waals surface area contributed by atoms with Gasteiger partial charge >= 0.3 is 5.97 Å². The second-order valence-electron chi connectivity index (χ2n) is 4.04. The number of carboxylic acid groups (broad SMARTS) is 1. The molecular formula is C12H12N2O4S. The van der Waals surface area contributed by atoms with Crippen molar-refractivity contribution < 1.29 is 19.5 Å². The fourth-order valence-electron chi connectivity index (χ4n) is 1.69. The summed E-state index contributed by atoms with van der Waals surface area (Å²) in [6, 6.07) is 7.36. The van der Waals surface area contributed by atoms with Crippen LogP contribution in [-0.2, 0) is 9.59 Å². The number of imide groups is 1. The molecule has 1 aromatic carbocycles. The molecule has 1 saturated heterocycles. The van der Waals surface area contributed by atoms with Gasteiger partial charge in [-0.1, -0.05) is 18.2 Å². The fraction of sp³-hybridized carbons (Fsp3) is 0.250. The van der Waals surface area contributed by atoms with E-state index in [2.05, 4.69) is 5.32 Å². The van der Waals surface area contributed by atoms with Crippen LogP contribution in [0.25, 0.3) is 0 Å². The maximum Gasteiger partial charge on any atom is 0.323 e. The quantitative estimate of drug-likeness (QED) is 0.869. The largest absolute Gasteiger partial charge is 0.480 e. The van der Waals surface area contributed by atoms with Crippen molar-refractivity contribution in [2.45, 2.75) is 12.3 Å². The molecule has 0 aliphatic carbocycles. The van der Waals surface area contributed by atoms with Crippen LogP contribution in [0, 0.1) is 6.92 Å². The Labute approximate surface area is 113 Å². The van der Waals surface area contributed by atoms with Crippen LogP contribution < -0.4 is 5.32 Å². The Morgan fingerprint density at radius 3 is 2.74 bits per heavy atom. The summed E-state index contributed by atoms with van der Waals surface area (Å²) in [6.07, 6.45) is 0. The number of para-hydroxylation sites is 1. The fourth-order valence-corrected chi connectivity index (χ4v) is 2.59. The zero-order valence-corrected chi connectivity index (χ0v) is 10.9. The summed E-state index contributed by atoms with van der Waals surface area (Å²) in [5.74, 6) is -1.74. The third-order valence-electron chi connectivity index (χ3n) is 2.65. The molecule has 1 unspecified atom stereocenters. The van der Waals surface area contributed by atoms with Crippen LogP contribution >= 0.6 is 11.8 Å². The Morgan fingerprint density at radius 1 is 1.42 bits per heavy atom. The van der Waals surface area contributed by atoms with Crippen molar-refractivity contribution in [1.29, 1.82) is 0 Å². The van der Waals surface area contributed by atoms with Gasteiger partial charge in [0.2, 0.25) is 0 Å². The molecule has 0 bridgehead atoms. The number of aryl methyl sites for hydroxylation is 1. The lowest BCUT2D eigenvalue weighted by molar-refractivity contribution is -0.141. The van der Waals surface area contributed by atoms with Crippen LogP contribution in [-0.4, -0.2) is 39.0 Å². The van der Waals surface area contributed by atoms with Crippen molar-refractivity contribution in [3.63, 3.8) is 0 Å². The van der Waals surface area contributed by atoms with Crippen LogP contribution in [0.5, 0.6) is 0 Å². The van der Waals surface area contributed by atoms with E-state index < -0.39 is 29.0 Å². The first-order chi connectivity index (χ1) is 8.99. The Balaban J connectivity index is 2.11. The predicted octanol–water partition coefficient (Wildman–Crippen LogP) is 1.51. The van der Waals surface area contributed by atoms with Crippen molar-refractivity contribution in [3.8, 4) is 0 Å². The number of anilines is 1. The van der Waals surface area contributed by atoms with Crippen LogP contribution in [0.4, 0.5) is 10.5 Å². The molecular weight excluding hydrogens is 268 g/mol. The monoisotopic (exact) mass is 280 g/mol. The van der Waals surface area contributed by atoms with Gasteiger partial charge in [0, 0.05) is 5.69 Å². The molecule has 19 heavy (non-hydrogen) atoms. The first-order valence-electron chi connectivity index (χ1n) is 5.55. The van der Waals surface area contributed by atoms with E-state index in [1.165, 1.54) is 0 Å². The molecule has 0 saturated carbocycles. The van der Waals surface area contributed by atoms with Gasteiger partial charge in [-0.2, -0.15) is 0 Å². The number of benzene rings is 1. The third kappa shape index (κ3) is 2.87. The maximum absolute atomic E-state index is 11.9. The van der Waals surface area contributed by atoms with E-state index in [0.29, 0.717) is 0 Å². The summed E-state index contributed by atoms with van der Waals surface area (Å²) in [6.45, 7) is 1.28. The van der Waals surface area contributed by atoms with Crippen molar-refractivity contribution in [1.82, 2.24) is 4.90 Å². The van der Waals surface area contributed by atoms with E-state index in [-0.39, 0.29) is 0 Å².